The molecule has 20 aromatic rings. The van der Waals surface area contributed by atoms with Crippen molar-refractivity contribution in [2.45, 2.75) is 0 Å². The highest BCUT2D eigenvalue weighted by Gasteiger charge is 2.17. The zero-order valence-electron chi connectivity index (χ0n) is 47.3. The molecule has 0 spiro atoms. The molecule has 0 amide bonds. The van der Waals surface area contributed by atoms with E-state index in [-0.39, 0.29) is 0 Å². The molecule has 0 unspecified atom stereocenters. The molecule has 0 saturated heterocycles. The molecule has 0 bridgehead atoms. The topological polar surface area (TPSA) is 103 Å². The molecule has 13 aromatic carbocycles. The highest BCUT2D eigenvalue weighted by Crippen LogP contribution is 2.41. The van der Waals surface area contributed by atoms with Crippen LogP contribution in [-0.2, 0) is 0 Å². The van der Waals surface area contributed by atoms with Gasteiger partial charge in [0.15, 0.2) is 0 Å². The third-order valence-corrected chi connectivity index (χ3v) is 17.3. The Kier molecular flexibility index (Phi) is 12.0. The van der Waals surface area contributed by atoms with Crippen LogP contribution in [0.5, 0.6) is 0 Å². The van der Waals surface area contributed by atoms with Crippen molar-refractivity contribution in [3.05, 3.63) is 292 Å². The Hall–Kier alpha value is -12.0. The van der Waals surface area contributed by atoms with Gasteiger partial charge in [-0.2, -0.15) is 0 Å². The molecule has 7 aromatic heterocycles. The summed E-state index contributed by atoms with van der Waals surface area (Å²) in [4.78, 5) is 37.1. The minimum atomic E-state index is 0.911. The predicted molar refractivity (Wildman–Crippen MR) is 368 cm³/mol. The smallest absolute Gasteiger partial charge is 0.0987 e. The normalized spacial score (nSPS) is 11.6. The molecule has 20 rings (SSSR count). The summed E-state index contributed by atoms with van der Waals surface area (Å²) >= 11 is 0. The molecular formula is C80H48N8. The average molecular weight is 1120 g/mol. The molecule has 0 aliphatic carbocycles. The number of benzene rings is 13. The quantitative estimate of drug-likeness (QED) is 0.138. The highest BCUT2D eigenvalue weighted by molar-refractivity contribution is 6.33. The van der Waals surface area contributed by atoms with Crippen molar-refractivity contribution in [1.29, 1.82) is 0 Å². The predicted octanol–water partition coefficient (Wildman–Crippen LogP) is 20.4. The molecule has 0 aliphatic rings. The Morgan fingerprint density at radius 1 is 0.125 bits per heavy atom. The number of hydrogen-bond acceptors (Lipinski definition) is 8. The molecular weight excluding hydrogens is 1070 g/mol. The van der Waals surface area contributed by atoms with Crippen LogP contribution in [-0.4, -0.2) is 39.9 Å². The lowest BCUT2D eigenvalue weighted by Crippen LogP contribution is -1.90. The molecule has 408 valence electrons. The number of fused-ring (bicyclic) bond motifs is 32. The number of pyridine rings is 6. The maximum absolute atomic E-state index is 4.71. The highest BCUT2D eigenvalue weighted by atomic mass is 14.8. The summed E-state index contributed by atoms with van der Waals surface area (Å²) in [7, 11) is 0. The van der Waals surface area contributed by atoms with E-state index in [1.807, 2.05) is 73.6 Å². The minimum Gasteiger partial charge on any atom is -0.256 e. The summed E-state index contributed by atoms with van der Waals surface area (Å²) in [6.07, 6.45) is 14.6. The van der Waals surface area contributed by atoms with Crippen molar-refractivity contribution in [3.8, 4) is 0 Å². The molecule has 0 N–H and O–H groups in total. The maximum atomic E-state index is 4.71. The van der Waals surface area contributed by atoms with Crippen LogP contribution in [0.1, 0.15) is 0 Å². The van der Waals surface area contributed by atoms with Crippen LogP contribution in [0.15, 0.2) is 292 Å². The van der Waals surface area contributed by atoms with Gasteiger partial charge >= 0.3 is 0 Å². The molecule has 8 nitrogen and oxygen atoms in total. The molecule has 0 atom stereocenters. The van der Waals surface area contributed by atoms with Gasteiger partial charge in [-0.1, -0.05) is 194 Å². The monoisotopic (exact) mass is 1120 g/mol. The van der Waals surface area contributed by atoms with Crippen molar-refractivity contribution in [3.63, 3.8) is 0 Å². The minimum absolute atomic E-state index is 0.911. The SMILES string of the molecule is c1ccc2c(c1)ccc1c3ccccc3c3cccnc3c21.c1ccc2c(c1)ccc1c3cccnc3c3cccnc3c21.c1ccc2c(c1)ccc1c3ncccc3c3cccnc3c21.c1ccc2c(c1)ccc1c3nccnc3c3cccnc3c21. The van der Waals surface area contributed by atoms with Crippen LogP contribution in [0.25, 0.3) is 173 Å². The van der Waals surface area contributed by atoms with E-state index in [1.165, 1.54) is 97.0 Å². The summed E-state index contributed by atoms with van der Waals surface area (Å²) in [5, 5.41) is 29.0. The molecule has 0 radical (unpaired) electrons. The molecule has 0 aliphatic heterocycles. The van der Waals surface area contributed by atoms with Gasteiger partial charge in [0.05, 0.1) is 44.1 Å². The van der Waals surface area contributed by atoms with Gasteiger partial charge in [-0.05, 0) is 113 Å². The van der Waals surface area contributed by atoms with Gasteiger partial charge < -0.3 is 0 Å². The average Bonchev–Trinajstić information content (AvgIpc) is 0.905. The Bertz CT molecular complexity index is 5290. The van der Waals surface area contributed by atoms with E-state index in [1.54, 1.807) is 12.4 Å². The van der Waals surface area contributed by atoms with Gasteiger partial charge in [-0.25, -0.2) is 0 Å². The molecule has 0 fully saturated rings. The molecule has 7 heterocycles. The Balaban J connectivity index is 0.0000000910. The maximum Gasteiger partial charge on any atom is 0.0987 e. The summed E-state index contributed by atoms with van der Waals surface area (Å²) < 4.78 is 0. The Morgan fingerprint density at radius 2 is 0.352 bits per heavy atom. The van der Waals surface area contributed by atoms with Crippen LogP contribution >= 0.6 is 0 Å². The third kappa shape index (κ3) is 8.15. The standard InChI is InChI=1S/C21H13N.2C20H12N2.C19H11N3/c1-2-7-15-14(6-1)11-12-18-16-8-3-4-9-17(16)19-10-5-13-22-21(19)20(15)18;1-2-6-14-13(5-1)9-10-15-16-7-3-11-21-19(16)17-8-4-12-22-20(17)18(14)15;1-2-6-14-13(5-1)9-10-17-18(14)20-16(8-4-12-22-20)15-7-3-11-21-19(15)17;1-2-5-13-12(4-1)7-8-14-16(13)17-15(6-3-9-20-17)19-18(14)21-10-11-22-19/h1-13H;2*1-12H;1-11H. The van der Waals surface area contributed by atoms with E-state index < -0.39 is 0 Å². The number of hydrogen-bond donors (Lipinski definition) is 0. The van der Waals surface area contributed by atoms with E-state index in [2.05, 4.69) is 241 Å². The van der Waals surface area contributed by atoms with Crippen molar-refractivity contribution in [2.24, 2.45) is 0 Å². The first-order chi connectivity index (χ1) is 43.7. The summed E-state index contributed by atoms with van der Waals surface area (Å²) in [6, 6.07) is 84.6. The fourth-order valence-electron chi connectivity index (χ4n) is 13.5. The largest absolute Gasteiger partial charge is 0.256 e. The lowest BCUT2D eigenvalue weighted by atomic mass is 9.93. The van der Waals surface area contributed by atoms with Crippen LogP contribution in [0.2, 0.25) is 0 Å². The fraction of sp³-hybridized carbons (Fsp3) is 0. The second kappa shape index (κ2) is 21.0. The van der Waals surface area contributed by atoms with Crippen molar-refractivity contribution >= 4 is 173 Å². The van der Waals surface area contributed by atoms with E-state index in [0.29, 0.717) is 0 Å². The van der Waals surface area contributed by atoms with Gasteiger partial charge in [-0.3, -0.25) is 39.9 Å². The van der Waals surface area contributed by atoms with Crippen LogP contribution < -0.4 is 0 Å². The van der Waals surface area contributed by atoms with Crippen molar-refractivity contribution in [1.82, 2.24) is 39.9 Å². The molecule has 88 heavy (non-hydrogen) atoms. The van der Waals surface area contributed by atoms with Gasteiger partial charge in [0.25, 0.3) is 0 Å². The van der Waals surface area contributed by atoms with Gasteiger partial charge in [-0.15, -0.1) is 0 Å². The third-order valence-electron chi connectivity index (χ3n) is 17.3. The Labute approximate surface area is 502 Å². The zero-order valence-corrected chi connectivity index (χ0v) is 47.3. The van der Waals surface area contributed by atoms with Gasteiger partial charge in [0.1, 0.15) is 0 Å². The van der Waals surface area contributed by atoms with Crippen LogP contribution in [0.4, 0.5) is 0 Å². The van der Waals surface area contributed by atoms with E-state index in [4.69, 9.17) is 4.98 Å². The summed E-state index contributed by atoms with van der Waals surface area (Å²) in [5.74, 6) is 0. The van der Waals surface area contributed by atoms with Crippen molar-refractivity contribution in [2.75, 3.05) is 0 Å². The first-order valence-electron chi connectivity index (χ1n) is 29.4. The zero-order chi connectivity index (χ0) is 58.1. The number of nitrogens with zero attached hydrogens (tertiary/aromatic N) is 8. The molecule has 0 saturated carbocycles. The number of rotatable bonds is 0. The van der Waals surface area contributed by atoms with Crippen LogP contribution in [0, 0.1) is 0 Å². The van der Waals surface area contributed by atoms with Crippen LogP contribution in [0.3, 0.4) is 0 Å². The lowest BCUT2D eigenvalue weighted by molar-refractivity contribution is 1.31. The summed E-state index contributed by atoms with van der Waals surface area (Å²) in [6.45, 7) is 0. The van der Waals surface area contributed by atoms with Gasteiger partial charge in [0, 0.05) is 114 Å². The second-order valence-corrected chi connectivity index (χ2v) is 22.0. The van der Waals surface area contributed by atoms with E-state index in [9.17, 15) is 0 Å². The summed E-state index contributed by atoms with van der Waals surface area (Å²) in [5.41, 5.74) is 8.07. The first kappa shape index (κ1) is 50.5. The lowest BCUT2D eigenvalue weighted by Gasteiger charge is -2.11. The Morgan fingerprint density at radius 3 is 0.784 bits per heavy atom. The number of aromatic nitrogens is 8. The second-order valence-electron chi connectivity index (χ2n) is 22.0. The van der Waals surface area contributed by atoms with Crippen molar-refractivity contribution < 1.29 is 0 Å². The molecule has 8 heteroatoms. The fourth-order valence-corrected chi connectivity index (χ4v) is 13.5. The van der Waals surface area contributed by atoms with E-state index in [0.717, 1.165) is 76.5 Å². The first-order valence-corrected chi connectivity index (χ1v) is 29.4. The van der Waals surface area contributed by atoms with E-state index >= 15 is 0 Å². The van der Waals surface area contributed by atoms with Gasteiger partial charge in [0.2, 0.25) is 0 Å².